The summed E-state index contributed by atoms with van der Waals surface area (Å²) in [4.78, 5) is 23.3. The highest BCUT2D eigenvalue weighted by Crippen LogP contribution is 2.41. The summed E-state index contributed by atoms with van der Waals surface area (Å²) in [6.07, 6.45) is 5.61. The smallest absolute Gasteiger partial charge is 0.310 e. The topological polar surface area (TPSA) is 84.2 Å². The fourth-order valence-corrected chi connectivity index (χ4v) is 2.81. The number of hydrogen-bond acceptors (Lipinski definition) is 3. The summed E-state index contributed by atoms with van der Waals surface area (Å²) in [6.45, 7) is 0.492. The first-order valence-corrected chi connectivity index (χ1v) is 7.00. The van der Waals surface area contributed by atoms with Gasteiger partial charge in [-0.3, -0.25) is 14.3 Å². The van der Waals surface area contributed by atoms with Gasteiger partial charge in [-0.2, -0.15) is 5.10 Å². The molecular weight excluding hydrogens is 258 g/mol. The van der Waals surface area contributed by atoms with Gasteiger partial charge in [-0.25, -0.2) is 0 Å². The molecule has 1 heterocycles. The Kier molecular flexibility index (Phi) is 4.42. The van der Waals surface area contributed by atoms with Gasteiger partial charge >= 0.3 is 5.97 Å². The van der Waals surface area contributed by atoms with Gasteiger partial charge in [0, 0.05) is 32.6 Å². The Hall–Kier alpha value is -1.85. The SMILES string of the molecule is Cn1ccc(CCNC(=O)CC2(C(=O)O)CCCC2)n1. The summed E-state index contributed by atoms with van der Waals surface area (Å²) in [7, 11) is 1.85. The normalized spacial score (nSPS) is 17.1. The zero-order valence-electron chi connectivity index (χ0n) is 11.8. The Balaban J connectivity index is 1.78. The van der Waals surface area contributed by atoms with Crippen LogP contribution in [0.5, 0.6) is 0 Å². The van der Waals surface area contributed by atoms with E-state index in [9.17, 15) is 14.7 Å². The minimum Gasteiger partial charge on any atom is -0.481 e. The van der Waals surface area contributed by atoms with Crippen LogP contribution in [-0.2, 0) is 23.1 Å². The van der Waals surface area contributed by atoms with Crippen molar-refractivity contribution < 1.29 is 14.7 Å². The van der Waals surface area contributed by atoms with E-state index in [4.69, 9.17) is 0 Å². The molecule has 1 aromatic heterocycles. The fraction of sp³-hybridized carbons (Fsp3) is 0.643. The highest BCUT2D eigenvalue weighted by Gasteiger charge is 2.42. The van der Waals surface area contributed by atoms with Crippen LogP contribution in [0.1, 0.15) is 37.8 Å². The van der Waals surface area contributed by atoms with E-state index in [0.29, 0.717) is 25.8 Å². The van der Waals surface area contributed by atoms with Gasteiger partial charge in [-0.05, 0) is 18.9 Å². The minimum absolute atomic E-state index is 0.0878. The van der Waals surface area contributed by atoms with Crippen molar-refractivity contribution in [2.24, 2.45) is 12.5 Å². The number of nitrogens with zero attached hydrogens (tertiary/aromatic N) is 2. The molecule has 0 unspecified atom stereocenters. The zero-order valence-corrected chi connectivity index (χ0v) is 11.8. The molecule has 6 nitrogen and oxygen atoms in total. The first kappa shape index (κ1) is 14.6. The standard InChI is InChI=1S/C14H21N3O3/c1-17-9-5-11(16-17)4-8-15-12(18)10-14(13(19)20)6-2-3-7-14/h5,9H,2-4,6-8,10H2,1H3,(H,15,18)(H,19,20). The molecule has 1 saturated carbocycles. The molecule has 0 saturated heterocycles. The third-order valence-electron chi connectivity index (χ3n) is 3.99. The van der Waals surface area contributed by atoms with Gasteiger partial charge in [-0.15, -0.1) is 0 Å². The van der Waals surface area contributed by atoms with Gasteiger partial charge in [0.1, 0.15) is 0 Å². The summed E-state index contributed by atoms with van der Waals surface area (Å²) < 4.78 is 1.72. The molecule has 6 heteroatoms. The summed E-state index contributed by atoms with van der Waals surface area (Å²) >= 11 is 0. The number of carboxylic acid groups (broad SMARTS) is 1. The second kappa shape index (κ2) is 6.07. The van der Waals surface area contributed by atoms with Crippen LogP contribution in [0.25, 0.3) is 0 Å². The number of amides is 1. The molecule has 20 heavy (non-hydrogen) atoms. The molecule has 0 bridgehead atoms. The number of nitrogens with one attached hydrogen (secondary N) is 1. The summed E-state index contributed by atoms with van der Waals surface area (Å²) in [5.74, 6) is -1.01. The van der Waals surface area contributed by atoms with Crippen LogP contribution in [0.4, 0.5) is 0 Å². The number of hydrogen-bond donors (Lipinski definition) is 2. The number of aliphatic carboxylic acids is 1. The van der Waals surface area contributed by atoms with Crippen LogP contribution >= 0.6 is 0 Å². The van der Waals surface area contributed by atoms with Gasteiger partial charge in [0.2, 0.25) is 5.91 Å². The van der Waals surface area contributed by atoms with Gasteiger partial charge in [0.15, 0.2) is 0 Å². The van der Waals surface area contributed by atoms with E-state index < -0.39 is 11.4 Å². The first-order valence-electron chi connectivity index (χ1n) is 7.00. The molecule has 0 aromatic carbocycles. The monoisotopic (exact) mass is 279 g/mol. The molecule has 0 aliphatic heterocycles. The minimum atomic E-state index is -0.838. The predicted molar refractivity (Wildman–Crippen MR) is 73.1 cm³/mol. The largest absolute Gasteiger partial charge is 0.481 e. The van der Waals surface area contributed by atoms with Gasteiger partial charge in [0.05, 0.1) is 11.1 Å². The molecular formula is C14H21N3O3. The number of aryl methyl sites for hydroxylation is 1. The molecule has 0 radical (unpaired) electrons. The Bertz CT molecular complexity index is 490. The first-order chi connectivity index (χ1) is 9.52. The molecule has 1 amide bonds. The van der Waals surface area contributed by atoms with Gasteiger partial charge in [0.25, 0.3) is 0 Å². The maximum Gasteiger partial charge on any atom is 0.310 e. The zero-order chi connectivity index (χ0) is 14.6. The van der Waals surface area contributed by atoms with E-state index >= 15 is 0 Å². The van der Waals surface area contributed by atoms with Crippen molar-refractivity contribution in [2.75, 3.05) is 6.54 Å². The lowest BCUT2D eigenvalue weighted by Crippen LogP contribution is -2.36. The van der Waals surface area contributed by atoms with E-state index in [-0.39, 0.29) is 12.3 Å². The van der Waals surface area contributed by atoms with Crippen molar-refractivity contribution in [3.05, 3.63) is 18.0 Å². The van der Waals surface area contributed by atoms with Crippen molar-refractivity contribution in [2.45, 2.75) is 38.5 Å². The molecule has 0 atom stereocenters. The molecule has 2 N–H and O–H groups in total. The van der Waals surface area contributed by atoms with Crippen molar-refractivity contribution in [1.29, 1.82) is 0 Å². The Morgan fingerprint density at radius 1 is 1.45 bits per heavy atom. The van der Waals surface area contributed by atoms with E-state index in [1.165, 1.54) is 0 Å². The molecule has 1 fully saturated rings. The van der Waals surface area contributed by atoms with Crippen LogP contribution in [0.15, 0.2) is 12.3 Å². The molecule has 0 spiro atoms. The lowest BCUT2D eigenvalue weighted by Gasteiger charge is -2.22. The van der Waals surface area contributed by atoms with Crippen molar-refractivity contribution in [3.8, 4) is 0 Å². The lowest BCUT2D eigenvalue weighted by molar-refractivity contribution is -0.151. The van der Waals surface area contributed by atoms with E-state index in [1.54, 1.807) is 4.68 Å². The van der Waals surface area contributed by atoms with Crippen molar-refractivity contribution >= 4 is 11.9 Å². The molecule has 1 aliphatic rings. The number of carbonyl (C=O) groups is 2. The molecule has 1 aliphatic carbocycles. The van der Waals surface area contributed by atoms with Crippen LogP contribution in [-0.4, -0.2) is 33.3 Å². The predicted octanol–water partition coefficient (Wildman–Crippen LogP) is 1.11. The van der Waals surface area contributed by atoms with Crippen LogP contribution in [0.2, 0.25) is 0 Å². The number of carbonyl (C=O) groups excluding carboxylic acids is 1. The van der Waals surface area contributed by atoms with Crippen molar-refractivity contribution in [1.82, 2.24) is 15.1 Å². The maximum atomic E-state index is 11.9. The average Bonchev–Trinajstić information content (AvgIpc) is 2.99. The average molecular weight is 279 g/mol. The highest BCUT2D eigenvalue weighted by molar-refractivity contribution is 5.85. The molecule has 110 valence electrons. The van der Waals surface area contributed by atoms with E-state index in [0.717, 1.165) is 18.5 Å². The summed E-state index contributed by atoms with van der Waals surface area (Å²) in [5, 5.41) is 16.3. The Morgan fingerprint density at radius 3 is 2.70 bits per heavy atom. The Labute approximate surface area is 118 Å². The fourth-order valence-electron chi connectivity index (χ4n) is 2.81. The summed E-state index contributed by atoms with van der Waals surface area (Å²) in [5.41, 5.74) is 0.0799. The quantitative estimate of drug-likeness (QED) is 0.817. The van der Waals surface area contributed by atoms with E-state index in [1.807, 2.05) is 19.3 Å². The second-order valence-electron chi connectivity index (χ2n) is 5.55. The Morgan fingerprint density at radius 2 is 2.15 bits per heavy atom. The third-order valence-corrected chi connectivity index (χ3v) is 3.99. The second-order valence-corrected chi connectivity index (χ2v) is 5.55. The molecule has 2 rings (SSSR count). The molecule has 1 aromatic rings. The van der Waals surface area contributed by atoms with E-state index in [2.05, 4.69) is 10.4 Å². The van der Waals surface area contributed by atoms with Crippen molar-refractivity contribution in [3.63, 3.8) is 0 Å². The third kappa shape index (κ3) is 3.37. The van der Waals surface area contributed by atoms with Crippen LogP contribution in [0.3, 0.4) is 0 Å². The van der Waals surface area contributed by atoms with Crippen LogP contribution in [0, 0.1) is 5.41 Å². The summed E-state index contributed by atoms with van der Waals surface area (Å²) in [6, 6.07) is 1.90. The van der Waals surface area contributed by atoms with Gasteiger partial charge in [-0.1, -0.05) is 12.8 Å². The highest BCUT2D eigenvalue weighted by atomic mass is 16.4. The number of carboxylic acids is 1. The lowest BCUT2D eigenvalue weighted by atomic mass is 9.82. The number of rotatable bonds is 6. The maximum absolute atomic E-state index is 11.9. The van der Waals surface area contributed by atoms with Crippen LogP contribution < -0.4 is 5.32 Å². The number of aromatic nitrogens is 2. The van der Waals surface area contributed by atoms with Gasteiger partial charge < -0.3 is 10.4 Å².